The molecule has 0 amide bonds. The lowest BCUT2D eigenvalue weighted by molar-refractivity contribution is 0.210. The Labute approximate surface area is 120 Å². The van der Waals surface area contributed by atoms with Gasteiger partial charge >= 0.3 is 0 Å². The molecule has 2 aliphatic rings. The predicted octanol–water partition coefficient (Wildman–Crippen LogP) is 3.67. The molecule has 0 radical (unpaired) electrons. The molecule has 0 aromatic rings. The molecule has 1 aliphatic carbocycles. The maximum absolute atomic E-state index is 3.84. The fraction of sp³-hybridized carbons (Fsp3) is 1.00. The van der Waals surface area contributed by atoms with Gasteiger partial charge in [-0.05, 0) is 83.0 Å². The van der Waals surface area contributed by atoms with Crippen molar-refractivity contribution in [3.05, 3.63) is 0 Å². The van der Waals surface area contributed by atoms with Crippen molar-refractivity contribution in [1.29, 1.82) is 0 Å². The molecule has 19 heavy (non-hydrogen) atoms. The molecule has 1 saturated heterocycles. The third-order valence-electron chi connectivity index (χ3n) is 5.40. The van der Waals surface area contributed by atoms with Crippen molar-refractivity contribution in [3.8, 4) is 0 Å². The maximum Gasteiger partial charge on any atom is 0.00672 e. The Hall–Kier alpha value is -0.0800. The van der Waals surface area contributed by atoms with E-state index in [1.54, 1.807) is 0 Å². The molecule has 1 unspecified atom stereocenters. The van der Waals surface area contributed by atoms with Crippen molar-refractivity contribution >= 4 is 0 Å². The topological polar surface area (TPSA) is 15.3 Å². The number of nitrogens with zero attached hydrogens (tertiary/aromatic N) is 1. The van der Waals surface area contributed by atoms with Crippen LogP contribution in [0.1, 0.15) is 65.2 Å². The van der Waals surface area contributed by atoms with Crippen LogP contribution in [0, 0.1) is 11.3 Å². The molecule has 2 heteroatoms. The third-order valence-corrected chi connectivity index (χ3v) is 5.40. The summed E-state index contributed by atoms with van der Waals surface area (Å²) in [5.74, 6) is 0.978. The maximum atomic E-state index is 3.84. The summed E-state index contributed by atoms with van der Waals surface area (Å²) in [6, 6.07) is 0.799. The smallest absolute Gasteiger partial charge is 0.00672 e. The normalized spacial score (nSPS) is 30.2. The Bertz CT molecular complexity index is 254. The van der Waals surface area contributed by atoms with Gasteiger partial charge in [0.2, 0.25) is 0 Å². The first-order chi connectivity index (χ1) is 9.05. The number of hydrogen-bond acceptors (Lipinski definition) is 2. The SMILES string of the molecule is CN1CCC(CCNC2CCCC(C)(C)CC2)CC1. The van der Waals surface area contributed by atoms with Gasteiger partial charge in [-0.2, -0.15) is 0 Å². The summed E-state index contributed by atoms with van der Waals surface area (Å²) >= 11 is 0. The molecule has 2 rings (SSSR count). The summed E-state index contributed by atoms with van der Waals surface area (Å²) < 4.78 is 0. The van der Waals surface area contributed by atoms with Gasteiger partial charge in [-0.1, -0.05) is 20.3 Å². The van der Waals surface area contributed by atoms with E-state index in [1.165, 1.54) is 71.0 Å². The van der Waals surface area contributed by atoms with Gasteiger partial charge in [0.15, 0.2) is 0 Å². The molecular weight excluding hydrogens is 232 g/mol. The monoisotopic (exact) mass is 266 g/mol. The quantitative estimate of drug-likeness (QED) is 0.781. The van der Waals surface area contributed by atoms with Crippen LogP contribution in [-0.2, 0) is 0 Å². The molecule has 0 bridgehead atoms. The predicted molar refractivity (Wildman–Crippen MR) is 83.5 cm³/mol. The molecule has 1 heterocycles. The van der Waals surface area contributed by atoms with Gasteiger partial charge in [0.25, 0.3) is 0 Å². The van der Waals surface area contributed by atoms with Gasteiger partial charge in [-0.25, -0.2) is 0 Å². The van der Waals surface area contributed by atoms with Crippen LogP contribution in [0.25, 0.3) is 0 Å². The van der Waals surface area contributed by atoms with Crippen LogP contribution >= 0.6 is 0 Å². The molecular formula is C17H34N2. The van der Waals surface area contributed by atoms with Crippen LogP contribution in [0.4, 0.5) is 0 Å². The van der Waals surface area contributed by atoms with E-state index in [0.717, 1.165) is 12.0 Å². The summed E-state index contributed by atoms with van der Waals surface area (Å²) in [4.78, 5) is 2.47. The summed E-state index contributed by atoms with van der Waals surface area (Å²) in [6.07, 6.45) is 11.2. The standard InChI is InChI=1S/C17H34N2/c1-17(2)10-4-5-16(6-11-17)18-12-7-15-8-13-19(3)14-9-15/h15-16,18H,4-14H2,1-3H3. The second kappa shape index (κ2) is 7.08. The van der Waals surface area contributed by atoms with Crippen molar-refractivity contribution in [1.82, 2.24) is 10.2 Å². The number of rotatable bonds is 4. The Morgan fingerprint density at radius 2 is 1.79 bits per heavy atom. The van der Waals surface area contributed by atoms with Crippen molar-refractivity contribution in [2.24, 2.45) is 11.3 Å². The first-order valence-corrected chi connectivity index (χ1v) is 8.47. The van der Waals surface area contributed by atoms with E-state index in [4.69, 9.17) is 0 Å². The van der Waals surface area contributed by atoms with Crippen LogP contribution in [-0.4, -0.2) is 37.6 Å². The van der Waals surface area contributed by atoms with Gasteiger partial charge in [0.05, 0.1) is 0 Å². The highest BCUT2D eigenvalue weighted by atomic mass is 15.1. The summed E-state index contributed by atoms with van der Waals surface area (Å²) in [7, 11) is 2.25. The molecule has 2 nitrogen and oxygen atoms in total. The zero-order valence-electron chi connectivity index (χ0n) is 13.4. The van der Waals surface area contributed by atoms with Crippen LogP contribution in [0.15, 0.2) is 0 Å². The molecule has 0 aromatic carbocycles. The van der Waals surface area contributed by atoms with E-state index in [1.807, 2.05) is 0 Å². The minimum atomic E-state index is 0.588. The molecule has 1 N–H and O–H groups in total. The van der Waals surface area contributed by atoms with Crippen molar-refractivity contribution in [3.63, 3.8) is 0 Å². The Morgan fingerprint density at radius 1 is 1.05 bits per heavy atom. The Kier molecular flexibility index (Phi) is 5.70. The van der Waals surface area contributed by atoms with Crippen LogP contribution in [0.5, 0.6) is 0 Å². The lowest BCUT2D eigenvalue weighted by Gasteiger charge is -2.29. The highest BCUT2D eigenvalue weighted by Crippen LogP contribution is 2.33. The van der Waals surface area contributed by atoms with Gasteiger partial charge in [-0.3, -0.25) is 0 Å². The molecule has 0 aromatic heterocycles. The fourth-order valence-corrected chi connectivity index (χ4v) is 3.71. The summed E-state index contributed by atoms with van der Waals surface area (Å²) in [6.45, 7) is 8.74. The van der Waals surface area contributed by atoms with E-state index in [-0.39, 0.29) is 0 Å². The third kappa shape index (κ3) is 5.43. The van der Waals surface area contributed by atoms with E-state index in [9.17, 15) is 0 Å². The lowest BCUT2D eigenvalue weighted by Crippen LogP contribution is -2.34. The summed E-state index contributed by atoms with van der Waals surface area (Å²) in [5, 5.41) is 3.84. The Balaban J connectivity index is 1.60. The van der Waals surface area contributed by atoms with E-state index in [0.29, 0.717) is 5.41 Å². The van der Waals surface area contributed by atoms with Crippen molar-refractivity contribution < 1.29 is 0 Å². The molecule has 2 fully saturated rings. The fourth-order valence-electron chi connectivity index (χ4n) is 3.71. The first kappa shape index (κ1) is 15.3. The van der Waals surface area contributed by atoms with Crippen LogP contribution < -0.4 is 5.32 Å². The zero-order valence-corrected chi connectivity index (χ0v) is 13.4. The highest BCUT2D eigenvalue weighted by molar-refractivity contribution is 4.80. The molecule has 112 valence electrons. The van der Waals surface area contributed by atoms with Crippen molar-refractivity contribution in [2.75, 3.05) is 26.7 Å². The van der Waals surface area contributed by atoms with Crippen molar-refractivity contribution in [2.45, 2.75) is 71.3 Å². The first-order valence-electron chi connectivity index (χ1n) is 8.47. The molecule has 1 atom stereocenters. The molecule has 1 aliphatic heterocycles. The number of hydrogen-bond donors (Lipinski definition) is 1. The van der Waals surface area contributed by atoms with Gasteiger partial charge in [-0.15, -0.1) is 0 Å². The van der Waals surface area contributed by atoms with Crippen LogP contribution in [0.3, 0.4) is 0 Å². The number of piperidine rings is 1. The second-order valence-electron chi connectivity index (χ2n) is 7.78. The second-order valence-corrected chi connectivity index (χ2v) is 7.78. The van der Waals surface area contributed by atoms with Gasteiger partial charge < -0.3 is 10.2 Å². The molecule has 1 saturated carbocycles. The Morgan fingerprint density at radius 3 is 2.53 bits per heavy atom. The van der Waals surface area contributed by atoms with E-state index in [2.05, 4.69) is 31.1 Å². The largest absolute Gasteiger partial charge is 0.314 e. The van der Waals surface area contributed by atoms with Gasteiger partial charge in [0, 0.05) is 6.04 Å². The van der Waals surface area contributed by atoms with E-state index < -0.39 is 0 Å². The number of likely N-dealkylation sites (tertiary alicyclic amines) is 1. The van der Waals surface area contributed by atoms with E-state index >= 15 is 0 Å². The highest BCUT2D eigenvalue weighted by Gasteiger charge is 2.24. The van der Waals surface area contributed by atoms with Crippen LogP contribution in [0.2, 0.25) is 0 Å². The zero-order chi connectivity index (χ0) is 13.7. The number of nitrogens with one attached hydrogen (secondary N) is 1. The minimum Gasteiger partial charge on any atom is -0.314 e. The average molecular weight is 266 g/mol. The summed E-state index contributed by atoms with van der Waals surface area (Å²) in [5.41, 5.74) is 0.588. The minimum absolute atomic E-state index is 0.588. The average Bonchev–Trinajstić information content (AvgIpc) is 2.53. The molecule has 0 spiro atoms. The van der Waals surface area contributed by atoms with Gasteiger partial charge in [0.1, 0.15) is 0 Å². The lowest BCUT2D eigenvalue weighted by atomic mass is 9.85.